The van der Waals surface area contributed by atoms with E-state index < -0.39 is 0 Å². The maximum Gasteiger partial charge on any atom is 0.337 e. The summed E-state index contributed by atoms with van der Waals surface area (Å²) in [7, 11) is 1.34. The Morgan fingerprint density at radius 2 is 1.65 bits per heavy atom. The van der Waals surface area contributed by atoms with Gasteiger partial charge >= 0.3 is 5.97 Å². The predicted octanol–water partition coefficient (Wildman–Crippen LogP) is 3.74. The zero-order valence-electron chi connectivity index (χ0n) is 13.5. The van der Waals surface area contributed by atoms with Crippen LogP contribution in [-0.4, -0.2) is 19.0 Å². The fourth-order valence-corrected chi connectivity index (χ4v) is 2.24. The van der Waals surface area contributed by atoms with Gasteiger partial charge in [0.25, 0.3) is 0 Å². The van der Waals surface area contributed by atoms with Crippen LogP contribution in [0.4, 0.5) is 5.69 Å². The summed E-state index contributed by atoms with van der Waals surface area (Å²) in [5.74, 6) is -0.413. The van der Waals surface area contributed by atoms with E-state index in [1.165, 1.54) is 18.2 Å². The van der Waals surface area contributed by atoms with Crippen LogP contribution in [0.25, 0.3) is 0 Å². The molecule has 0 heterocycles. The van der Waals surface area contributed by atoms with Crippen molar-refractivity contribution < 1.29 is 14.3 Å². The number of carbonyl (C=O) groups is 2. The third kappa shape index (κ3) is 5.25. The molecule has 0 saturated carbocycles. The van der Waals surface area contributed by atoms with Gasteiger partial charge in [-0.1, -0.05) is 29.8 Å². The minimum atomic E-state index is -0.388. The Morgan fingerprint density at radius 1 is 1.00 bits per heavy atom. The summed E-state index contributed by atoms with van der Waals surface area (Å²) in [6.07, 6.45) is 2.15. The zero-order chi connectivity index (χ0) is 16.7. The number of benzene rings is 2. The van der Waals surface area contributed by atoms with Crippen molar-refractivity contribution in [3.63, 3.8) is 0 Å². The van der Waals surface area contributed by atoms with Gasteiger partial charge in [-0.3, -0.25) is 4.79 Å². The molecule has 0 aliphatic heterocycles. The molecule has 0 aliphatic rings. The molecule has 23 heavy (non-hydrogen) atoms. The van der Waals surface area contributed by atoms with Crippen LogP contribution in [0.15, 0.2) is 48.5 Å². The van der Waals surface area contributed by atoms with E-state index in [9.17, 15) is 9.59 Å². The van der Waals surface area contributed by atoms with Crippen molar-refractivity contribution in [2.45, 2.75) is 26.2 Å². The Balaban J connectivity index is 1.78. The van der Waals surface area contributed by atoms with E-state index in [0.717, 1.165) is 12.8 Å². The number of nitrogens with one attached hydrogen (secondary N) is 1. The molecule has 1 N–H and O–H groups in total. The van der Waals surface area contributed by atoms with Crippen molar-refractivity contribution in [2.24, 2.45) is 0 Å². The largest absolute Gasteiger partial charge is 0.465 e. The monoisotopic (exact) mass is 311 g/mol. The van der Waals surface area contributed by atoms with E-state index in [2.05, 4.69) is 41.2 Å². The number of hydrogen-bond acceptors (Lipinski definition) is 3. The normalized spacial score (nSPS) is 10.2. The fraction of sp³-hybridized carbons (Fsp3) is 0.263. The van der Waals surface area contributed by atoms with Crippen LogP contribution < -0.4 is 5.32 Å². The summed E-state index contributed by atoms with van der Waals surface area (Å²) in [5, 5.41) is 2.83. The lowest BCUT2D eigenvalue weighted by Crippen LogP contribution is -2.11. The Kier molecular flexibility index (Phi) is 5.92. The zero-order valence-corrected chi connectivity index (χ0v) is 13.5. The summed E-state index contributed by atoms with van der Waals surface area (Å²) in [4.78, 5) is 23.3. The number of hydrogen-bond donors (Lipinski definition) is 1. The number of amides is 1. The van der Waals surface area contributed by atoms with Crippen LogP contribution in [0, 0.1) is 6.92 Å². The van der Waals surface area contributed by atoms with Crippen LogP contribution in [0.3, 0.4) is 0 Å². The SMILES string of the molecule is COC(=O)c1ccc(NC(=O)CCCc2ccc(C)cc2)cc1. The maximum absolute atomic E-state index is 11.9. The van der Waals surface area contributed by atoms with Gasteiger partial charge in [0.15, 0.2) is 0 Å². The summed E-state index contributed by atoms with van der Waals surface area (Å²) >= 11 is 0. The Bertz CT molecular complexity index is 660. The topological polar surface area (TPSA) is 55.4 Å². The Hall–Kier alpha value is -2.62. The molecule has 2 aromatic carbocycles. The maximum atomic E-state index is 11.9. The van der Waals surface area contributed by atoms with Crippen molar-refractivity contribution in [3.05, 3.63) is 65.2 Å². The molecule has 1 amide bonds. The van der Waals surface area contributed by atoms with Gasteiger partial charge in [0.05, 0.1) is 12.7 Å². The summed E-state index contributed by atoms with van der Waals surface area (Å²) in [6, 6.07) is 15.0. The smallest absolute Gasteiger partial charge is 0.337 e. The number of esters is 1. The van der Waals surface area contributed by atoms with Crippen LogP contribution >= 0.6 is 0 Å². The molecule has 0 unspecified atom stereocenters. The van der Waals surface area contributed by atoms with Crippen molar-refractivity contribution in [2.75, 3.05) is 12.4 Å². The number of rotatable bonds is 6. The van der Waals surface area contributed by atoms with Gasteiger partial charge < -0.3 is 10.1 Å². The number of methoxy groups -OCH3 is 1. The molecule has 0 saturated heterocycles. The molecule has 0 spiro atoms. The third-order valence-corrected chi connectivity index (χ3v) is 3.58. The second kappa shape index (κ2) is 8.13. The van der Waals surface area contributed by atoms with Crippen LogP contribution in [-0.2, 0) is 16.0 Å². The lowest BCUT2D eigenvalue weighted by Gasteiger charge is -2.06. The second-order valence-electron chi connectivity index (χ2n) is 5.46. The number of aryl methyl sites for hydroxylation is 2. The highest BCUT2D eigenvalue weighted by Crippen LogP contribution is 2.12. The van der Waals surface area contributed by atoms with Crippen molar-refractivity contribution >= 4 is 17.6 Å². The van der Waals surface area contributed by atoms with Crippen molar-refractivity contribution in [1.29, 1.82) is 0 Å². The fourth-order valence-electron chi connectivity index (χ4n) is 2.24. The molecule has 120 valence electrons. The van der Waals surface area contributed by atoms with Gasteiger partial charge in [-0.15, -0.1) is 0 Å². The third-order valence-electron chi connectivity index (χ3n) is 3.58. The molecule has 4 heteroatoms. The first kappa shape index (κ1) is 16.7. The summed E-state index contributed by atoms with van der Waals surface area (Å²) < 4.78 is 4.63. The molecular formula is C19H21NO3. The molecule has 4 nitrogen and oxygen atoms in total. The van der Waals surface area contributed by atoms with E-state index in [1.807, 2.05) is 0 Å². The quantitative estimate of drug-likeness (QED) is 0.827. The molecule has 2 aromatic rings. The molecule has 0 aromatic heterocycles. The molecule has 0 aliphatic carbocycles. The van der Waals surface area contributed by atoms with Crippen molar-refractivity contribution in [1.82, 2.24) is 0 Å². The number of carbonyl (C=O) groups excluding carboxylic acids is 2. The molecule has 2 rings (SSSR count). The first-order valence-corrected chi connectivity index (χ1v) is 7.62. The van der Waals surface area contributed by atoms with Gasteiger partial charge in [0.2, 0.25) is 5.91 Å². The highest BCUT2D eigenvalue weighted by Gasteiger charge is 2.06. The molecular weight excluding hydrogens is 290 g/mol. The highest BCUT2D eigenvalue weighted by atomic mass is 16.5. The molecule has 0 fully saturated rings. The van der Waals surface area contributed by atoms with E-state index in [-0.39, 0.29) is 11.9 Å². The van der Waals surface area contributed by atoms with E-state index in [0.29, 0.717) is 17.7 Å². The molecule has 0 bridgehead atoms. The summed E-state index contributed by atoms with van der Waals surface area (Å²) in [6.45, 7) is 2.06. The minimum Gasteiger partial charge on any atom is -0.465 e. The van der Waals surface area contributed by atoms with Crippen LogP contribution in [0.1, 0.15) is 34.3 Å². The Morgan fingerprint density at radius 3 is 2.26 bits per heavy atom. The van der Waals surface area contributed by atoms with Gasteiger partial charge in [-0.05, 0) is 49.6 Å². The lowest BCUT2D eigenvalue weighted by atomic mass is 10.1. The average molecular weight is 311 g/mol. The van der Waals surface area contributed by atoms with Crippen molar-refractivity contribution in [3.8, 4) is 0 Å². The number of anilines is 1. The first-order chi connectivity index (χ1) is 11.1. The van der Waals surface area contributed by atoms with E-state index in [1.54, 1.807) is 24.3 Å². The standard InChI is InChI=1S/C19H21NO3/c1-14-6-8-15(9-7-14)4-3-5-18(21)20-17-12-10-16(11-13-17)19(22)23-2/h6-13H,3-5H2,1-2H3,(H,20,21). The molecule has 0 radical (unpaired) electrons. The summed E-state index contributed by atoms with van der Waals surface area (Å²) in [5.41, 5.74) is 3.62. The minimum absolute atomic E-state index is 0.0251. The number of ether oxygens (including phenoxy) is 1. The van der Waals surface area contributed by atoms with Gasteiger partial charge in [-0.2, -0.15) is 0 Å². The molecule has 0 atom stereocenters. The highest BCUT2D eigenvalue weighted by molar-refractivity contribution is 5.93. The first-order valence-electron chi connectivity index (χ1n) is 7.62. The van der Waals surface area contributed by atoms with E-state index >= 15 is 0 Å². The van der Waals surface area contributed by atoms with Gasteiger partial charge in [0.1, 0.15) is 0 Å². The predicted molar refractivity (Wildman–Crippen MR) is 90.5 cm³/mol. The van der Waals surface area contributed by atoms with E-state index in [4.69, 9.17) is 0 Å². The average Bonchev–Trinajstić information content (AvgIpc) is 2.56. The Labute approximate surface area is 136 Å². The van der Waals surface area contributed by atoms with Crippen LogP contribution in [0.2, 0.25) is 0 Å². The second-order valence-corrected chi connectivity index (χ2v) is 5.46. The lowest BCUT2D eigenvalue weighted by molar-refractivity contribution is -0.116. The van der Waals surface area contributed by atoms with Crippen LogP contribution in [0.5, 0.6) is 0 Å². The van der Waals surface area contributed by atoms with Gasteiger partial charge in [-0.25, -0.2) is 4.79 Å². The van der Waals surface area contributed by atoms with Gasteiger partial charge in [0, 0.05) is 12.1 Å².